The molecule has 0 saturated heterocycles. The van der Waals surface area contributed by atoms with Crippen molar-refractivity contribution in [3.63, 3.8) is 0 Å². The van der Waals surface area contributed by atoms with Crippen molar-refractivity contribution >= 4 is 0 Å². The van der Waals surface area contributed by atoms with E-state index < -0.39 is 18.6 Å². The first kappa shape index (κ1) is 10.1. The molecule has 1 aromatic rings. The second-order valence-electron chi connectivity index (χ2n) is 2.73. The van der Waals surface area contributed by atoms with E-state index in [2.05, 4.69) is 0 Å². The number of aliphatic hydroxyl groups is 2. The summed E-state index contributed by atoms with van der Waals surface area (Å²) in [5.74, 6) is -3.48. The molecule has 0 radical (unpaired) electrons. The summed E-state index contributed by atoms with van der Waals surface area (Å²) in [6.07, 6.45) is -1.95. The molecule has 0 amide bonds. The Morgan fingerprint density at radius 1 is 1.23 bits per heavy atom. The Hall–Kier alpha value is -1.00. The predicted octanol–water partition coefficient (Wildman–Crippen LogP) is 1.35. The van der Waals surface area contributed by atoms with Crippen LogP contribution in [0.3, 0.4) is 0 Å². The highest BCUT2D eigenvalue weighted by atomic mass is 19.3. The zero-order chi connectivity index (χ0) is 9.90. The van der Waals surface area contributed by atoms with Gasteiger partial charge in [-0.05, 0) is 5.56 Å². The molecule has 1 aromatic carbocycles. The van der Waals surface area contributed by atoms with Crippen molar-refractivity contribution in [2.24, 2.45) is 0 Å². The van der Waals surface area contributed by atoms with Crippen LogP contribution < -0.4 is 0 Å². The van der Waals surface area contributed by atoms with Crippen LogP contribution >= 0.6 is 0 Å². The summed E-state index contributed by atoms with van der Waals surface area (Å²) in [5, 5.41) is 17.5. The molecule has 1 unspecified atom stereocenters. The SMILES string of the molecule is OCC(F)(F)C(O)c1ccccc1. The molecular formula is C9H10F2O2. The van der Waals surface area contributed by atoms with Crippen LogP contribution in [0, 0.1) is 0 Å². The maximum absolute atomic E-state index is 12.7. The molecule has 0 saturated carbocycles. The fraction of sp³-hybridized carbons (Fsp3) is 0.333. The maximum Gasteiger partial charge on any atom is 0.300 e. The number of halogens is 2. The largest absolute Gasteiger partial charge is 0.390 e. The lowest BCUT2D eigenvalue weighted by Crippen LogP contribution is -2.30. The van der Waals surface area contributed by atoms with Gasteiger partial charge in [-0.15, -0.1) is 0 Å². The van der Waals surface area contributed by atoms with Crippen molar-refractivity contribution in [2.45, 2.75) is 12.0 Å². The molecule has 4 heteroatoms. The second kappa shape index (κ2) is 3.81. The highest BCUT2D eigenvalue weighted by Gasteiger charge is 2.38. The summed E-state index contributed by atoms with van der Waals surface area (Å²) < 4.78 is 25.5. The lowest BCUT2D eigenvalue weighted by molar-refractivity contribution is -0.138. The van der Waals surface area contributed by atoms with Crippen LogP contribution in [0.25, 0.3) is 0 Å². The molecule has 2 nitrogen and oxygen atoms in total. The highest BCUT2D eigenvalue weighted by molar-refractivity contribution is 5.19. The Bertz CT molecular complexity index is 262. The molecule has 72 valence electrons. The zero-order valence-corrected chi connectivity index (χ0v) is 6.82. The average molecular weight is 188 g/mol. The number of aliphatic hydroxyl groups excluding tert-OH is 2. The Balaban J connectivity index is 2.85. The first-order chi connectivity index (χ1) is 6.08. The summed E-state index contributed by atoms with van der Waals surface area (Å²) in [4.78, 5) is 0. The van der Waals surface area contributed by atoms with E-state index in [4.69, 9.17) is 10.2 Å². The van der Waals surface area contributed by atoms with Crippen LogP contribution in [0.4, 0.5) is 8.78 Å². The van der Waals surface area contributed by atoms with E-state index >= 15 is 0 Å². The molecule has 0 aliphatic carbocycles. The van der Waals surface area contributed by atoms with Crippen LogP contribution in [0.5, 0.6) is 0 Å². The molecule has 0 spiro atoms. The van der Waals surface area contributed by atoms with Crippen molar-refractivity contribution in [3.05, 3.63) is 35.9 Å². The van der Waals surface area contributed by atoms with Gasteiger partial charge in [0.15, 0.2) is 0 Å². The van der Waals surface area contributed by atoms with Gasteiger partial charge in [-0.2, -0.15) is 0 Å². The Morgan fingerprint density at radius 3 is 2.23 bits per heavy atom. The van der Waals surface area contributed by atoms with Crippen molar-refractivity contribution < 1.29 is 19.0 Å². The number of alkyl halides is 2. The molecule has 0 heterocycles. The summed E-state index contributed by atoms with van der Waals surface area (Å²) in [5.41, 5.74) is 0.0987. The fourth-order valence-electron chi connectivity index (χ4n) is 0.966. The van der Waals surface area contributed by atoms with Gasteiger partial charge < -0.3 is 10.2 Å². The Kier molecular flexibility index (Phi) is 2.95. The number of rotatable bonds is 3. The third-order valence-electron chi connectivity index (χ3n) is 1.73. The summed E-state index contributed by atoms with van der Waals surface area (Å²) in [7, 11) is 0. The van der Waals surface area contributed by atoms with E-state index in [1.54, 1.807) is 18.2 Å². The molecule has 0 fully saturated rings. The summed E-state index contributed by atoms with van der Waals surface area (Å²) in [6.45, 7) is -1.36. The van der Waals surface area contributed by atoms with Crippen LogP contribution in [0.15, 0.2) is 30.3 Å². The summed E-state index contributed by atoms with van der Waals surface area (Å²) in [6, 6.07) is 7.52. The van der Waals surface area contributed by atoms with Crippen molar-refractivity contribution in [1.82, 2.24) is 0 Å². The standard InChI is InChI=1S/C9H10F2O2/c10-9(11,6-12)8(13)7-4-2-1-3-5-7/h1-5,8,12-13H,6H2. The van der Waals surface area contributed by atoms with Gasteiger partial charge in [-0.1, -0.05) is 30.3 Å². The maximum atomic E-state index is 12.7. The topological polar surface area (TPSA) is 40.5 Å². The lowest BCUT2D eigenvalue weighted by Gasteiger charge is -2.20. The lowest BCUT2D eigenvalue weighted by atomic mass is 10.0. The van der Waals surface area contributed by atoms with Gasteiger partial charge in [0, 0.05) is 0 Å². The summed E-state index contributed by atoms with van der Waals surface area (Å²) >= 11 is 0. The van der Waals surface area contributed by atoms with Crippen molar-refractivity contribution in [1.29, 1.82) is 0 Å². The predicted molar refractivity (Wildman–Crippen MR) is 43.4 cm³/mol. The average Bonchev–Trinajstić information content (AvgIpc) is 2.18. The van der Waals surface area contributed by atoms with Crippen LogP contribution in [0.1, 0.15) is 11.7 Å². The molecule has 0 bridgehead atoms. The van der Waals surface area contributed by atoms with Crippen LogP contribution in [-0.2, 0) is 0 Å². The normalized spacial score (nSPS) is 14.2. The van der Waals surface area contributed by atoms with Crippen molar-refractivity contribution in [2.75, 3.05) is 6.61 Å². The van der Waals surface area contributed by atoms with Crippen LogP contribution in [-0.4, -0.2) is 22.7 Å². The minimum atomic E-state index is -3.48. The third-order valence-corrected chi connectivity index (χ3v) is 1.73. The zero-order valence-electron chi connectivity index (χ0n) is 6.82. The smallest absolute Gasteiger partial charge is 0.300 e. The van der Waals surface area contributed by atoms with Gasteiger partial charge in [0.1, 0.15) is 12.7 Å². The van der Waals surface area contributed by atoms with Crippen molar-refractivity contribution in [3.8, 4) is 0 Å². The minimum absolute atomic E-state index is 0.0987. The monoisotopic (exact) mass is 188 g/mol. The Labute approximate surface area is 74.4 Å². The van der Waals surface area contributed by atoms with E-state index in [1.807, 2.05) is 0 Å². The van der Waals surface area contributed by atoms with Gasteiger partial charge in [-0.25, -0.2) is 8.78 Å². The molecule has 0 aromatic heterocycles. The fourth-order valence-corrected chi connectivity index (χ4v) is 0.966. The van der Waals surface area contributed by atoms with Gasteiger partial charge in [-0.3, -0.25) is 0 Å². The number of hydrogen-bond acceptors (Lipinski definition) is 2. The van der Waals surface area contributed by atoms with E-state index in [1.165, 1.54) is 12.1 Å². The van der Waals surface area contributed by atoms with E-state index in [9.17, 15) is 8.78 Å². The second-order valence-corrected chi connectivity index (χ2v) is 2.73. The van der Waals surface area contributed by atoms with Gasteiger partial charge in [0.05, 0.1) is 0 Å². The molecular weight excluding hydrogens is 178 g/mol. The third kappa shape index (κ3) is 2.23. The van der Waals surface area contributed by atoms with E-state index in [0.29, 0.717) is 0 Å². The molecule has 2 N–H and O–H groups in total. The first-order valence-electron chi connectivity index (χ1n) is 3.79. The molecule has 13 heavy (non-hydrogen) atoms. The number of benzene rings is 1. The Morgan fingerprint density at radius 2 is 1.77 bits per heavy atom. The highest BCUT2D eigenvalue weighted by Crippen LogP contribution is 2.30. The minimum Gasteiger partial charge on any atom is -0.390 e. The molecule has 1 rings (SSSR count). The van der Waals surface area contributed by atoms with Crippen LogP contribution in [0.2, 0.25) is 0 Å². The molecule has 0 aliphatic heterocycles. The molecule has 0 aliphatic rings. The molecule has 1 atom stereocenters. The quantitative estimate of drug-likeness (QED) is 0.751. The van der Waals surface area contributed by atoms with E-state index in [0.717, 1.165) is 0 Å². The first-order valence-corrected chi connectivity index (χ1v) is 3.79. The van der Waals surface area contributed by atoms with Gasteiger partial charge in [0.2, 0.25) is 0 Å². The van der Waals surface area contributed by atoms with Gasteiger partial charge >= 0.3 is 0 Å². The number of hydrogen-bond donors (Lipinski definition) is 2. The van der Waals surface area contributed by atoms with E-state index in [-0.39, 0.29) is 5.56 Å². The van der Waals surface area contributed by atoms with Gasteiger partial charge in [0.25, 0.3) is 5.92 Å².